The molecule has 31 heavy (non-hydrogen) atoms. The number of benzene rings is 2. The predicted molar refractivity (Wildman–Crippen MR) is 117 cm³/mol. The highest BCUT2D eigenvalue weighted by atomic mass is 32.2. The first-order chi connectivity index (χ1) is 14.5. The van der Waals surface area contributed by atoms with Crippen molar-refractivity contribution in [2.75, 3.05) is 0 Å². The van der Waals surface area contributed by atoms with E-state index < -0.39 is 17.4 Å². The van der Waals surface area contributed by atoms with Gasteiger partial charge in [0.15, 0.2) is 0 Å². The molecule has 0 saturated heterocycles. The molecule has 1 N–H and O–H groups in total. The van der Waals surface area contributed by atoms with Crippen molar-refractivity contribution in [3.63, 3.8) is 0 Å². The van der Waals surface area contributed by atoms with Crippen molar-refractivity contribution in [3.05, 3.63) is 80.9 Å². The Bertz CT molecular complexity index is 1130. The van der Waals surface area contributed by atoms with Gasteiger partial charge in [-0.3, -0.25) is 0 Å². The van der Waals surface area contributed by atoms with Crippen LogP contribution < -0.4 is 5.63 Å². The molecule has 0 aliphatic carbocycles. The summed E-state index contributed by atoms with van der Waals surface area (Å²) in [4.78, 5) is 13.4. The lowest BCUT2D eigenvalue weighted by Crippen LogP contribution is -2.10. The second-order valence-corrected chi connectivity index (χ2v) is 9.20. The molecule has 0 amide bonds. The largest absolute Gasteiger partial charge is 0.507 e. The van der Waals surface area contributed by atoms with Crippen molar-refractivity contribution in [1.29, 1.82) is 0 Å². The molecule has 164 valence electrons. The lowest BCUT2D eigenvalue weighted by Gasteiger charge is -2.14. The fraction of sp³-hybridized carbons (Fsp3) is 0.292. The van der Waals surface area contributed by atoms with Crippen LogP contribution in [0.4, 0.5) is 13.2 Å². The van der Waals surface area contributed by atoms with Gasteiger partial charge in [-0.1, -0.05) is 24.6 Å². The first kappa shape index (κ1) is 23.0. The first-order valence-electron chi connectivity index (χ1n) is 9.74. The van der Waals surface area contributed by atoms with Gasteiger partial charge in [0.25, 0.3) is 0 Å². The molecule has 0 spiro atoms. The van der Waals surface area contributed by atoms with Gasteiger partial charge in [0.05, 0.1) is 5.56 Å². The summed E-state index contributed by atoms with van der Waals surface area (Å²) >= 11 is 1.37. The maximum absolute atomic E-state index is 12.7. The Hall–Kier alpha value is -2.67. The van der Waals surface area contributed by atoms with Crippen molar-refractivity contribution < 1.29 is 22.7 Å². The standard InChI is InChI=1S/C24H23F3O3S/c1-13-9-14(2)21(15(3)10-13)22-20(28)12-18(30-23(22)29)11-16(4)31-19-7-5-17(6-8-19)24(25,26)27/h5-10,12,16,28H,11H2,1-4H3. The number of aromatic hydroxyl groups is 1. The smallest absolute Gasteiger partial charge is 0.416 e. The Kier molecular flexibility index (Phi) is 6.55. The van der Waals surface area contributed by atoms with Crippen LogP contribution in [-0.4, -0.2) is 10.4 Å². The summed E-state index contributed by atoms with van der Waals surface area (Å²) in [5.74, 6) is 0.175. The van der Waals surface area contributed by atoms with Gasteiger partial charge in [-0.05, 0) is 61.7 Å². The van der Waals surface area contributed by atoms with E-state index >= 15 is 0 Å². The summed E-state index contributed by atoms with van der Waals surface area (Å²) in [6.07, 6.45) is -4.04. The van der Waals surface area contributed by atoms with E-state index in [0.717, 1.165) is 28.8 Å². The molecule has 0 saturated carbocycles. The van der Waals surface area contributed by atoms with Gasteiger partial charge in [0, 0.05) is 22.6 Å². The third-order valence-electron chi connectivity index (χ3n) is 4.92. The molecule has 1 aromatic heterocycles. The SMILES string of the molecule is Cc1cc(C)c(-c2c(O)cc(CC(C)Sc3ccc(C(F)(F)F)cc3)oc2=O)c(C)c1. The van der Waals surface area contributed by atoms with Gasteiger partial charge in [-0.15, -0.1) is 11.8 Å². The van der Waals surface area contributed by atoms with Crippen molar-refractivity contribution in [2.24, 2.45) is 0 Å². The van der Waals surface area contributed by atoms with Crippen molar-refractivity contribution in [3.8, 4) is 16.9 Å². The van der Waals surface area contributed by atoms with Crippen molar-refractivity contribution in [2.45, 2.75) is 50.4 Å². The van der Waals surface area contributed by atoms with Crippen LogP contribution in [0.15, 0.2) is 56.6 Å². The van der Waals surface area contributed by atoms with E-state index in [-0.39, 0.29) is 16.6 Å². The maximum Gasteiger partial charge on any atom is 0.416 e. The molecule has 1 unspecified atom stereocenters. The summed E-state index contributed by atoms with van der Waals surface area (Å²) in [5, 5.41) is 10.5. The van der Waals surface area contributed by atoms with Gasteiger partial charge < -0.3 is 9.52 Å². The van der Waals surface area contributed by atoms with Crippen LogP contribution >= 0.6 is 11.8 Å². The van der Waals surface area contributed by atoms with E-state index in [4.69, 9.17) is 4.42 Å². The van der Waals surface area contributed by atoms with E-state index in [0.29, 0.717) is 22.6 Å². The van der Waals surface area contributed by atoms with E-state index in [9.17, 15) is 23.1 Å². The van der Waals surface area contributed by atoms with E-state index in [2.05, 4.69) is 0 Å². The maximum atomic E-state index is 12.7. The van der Waals surface area contributed by atoms with Gasteiger partial charge in [0.2, 0.25) is 0 Å². The normalized spacial score (nSPS) is 12.7. The summed E-state index contributed by atoms with van der Waals surface area (Å²) in [7, 11) is 0. The number of halogens is 3. The number of hydrogen-bond donors (Lipinski definition) is 1. The number of aryl methyl sites for hydroxylation is 3. The number of hydrogen-bond acceptors (Lipinski definition) is 4. The monoisotopic (exact) mass is 448 g/mol. The Morgan fingerprint density at radius 3 is 2.10 bits per heavy atom. The van der Waals surface area contributed by atoms with Gasteiger partial charge in [-0.25, -0.2) is 4.79 Å². The minimum atomic E-state index is -4.37. The number of alkyl halides is 3. The molecular formula is C24H23F3O3S. The van der Waals surface area contributed by atoms with Gasteiger partial charge in [0.1, 0.15) is 17.1 Å². The van der Waals surface area contributed by atoms with E-state index in [1.54, 1.807) is 0 Å². The van der Waals surface area contributed by atoms with Gasteiger partial charge in [-0.2, -0.15) is 13.2 Å². The summed E-state index contributed by atoms with van der Waals surface area (Å²) in [6.45, 7) is 7.60. The van der Waals surface area contributed by atoms with Crippen LogP contribution in [0.2, 0.25) is 0 Å². The lowest BCUT2D eigenvalue weighted by atomic mass is 9.94. The Morgan fingerprint density at radius 1 is 1.00 bits per heavy atom. The molecule has 3 aromatic rings. The molecule has 3 rings (SSSR count). The molecule has 0 aliphatic rings. The van der Waals surface area contributed by atoms with Gasteiger partial charge >= 0.3 is 11.8 Å². The molecule has 0 aliphatic heterocycles. The second-order valence-electron chi connectivity index (χ2n) is 7.69. The highest BCUT2D eigenvalue weighted by molar-refractivity contribution is 7.99. The highest BCUT2D eigenvalue weighted by Crippen LogP contribution is 2.35. The van der Waals surface area contributed by atoms with Crippen molar-refractivity contribution in [1.82, 2.24) is 0 Å². The minimum Gasteiger partial charge on any atom is -0.507 e. The van der Waals surface area contributed by atoms with E-state index in [1.807, 2.05) is 39.8 Å². The fourth-order valence-electron chi connectivity index (χ4n) is 3.71. The van der Waals surface area contributed by atoms with Crippen LogP contribution in [0.3, 0.4) is 0 Å². The molecule has 0 fully saturated rings. The second kappa shape index (κ2) is 8.83. The summed E-state index contributed by atoms with van der Waals surface area (Å²) in [5.41, 5.74) is 2.30. The number of thioether (sulfide) groups is 1. The quantitative estimate of drug-likeness (QED) is 0.443. The zero-order valence-electron chi connectivity index (χ0n) is 17.6. The zero-order chi connectivity index (χ0) is 22.9. The molecule has 1 heterocycles. The molecule has 3 nitrogen and oxygen atoms in total. The minimum absolute atomic E-state index is 0.0898. The molecule has 0 radical (unpaired) electrons. The summed E-state index contributed by atoms with van der Waals surface area (Å²) in [6, 6.07) is 10.3. The highest BCUT2D eigenvalue weighted by Gasteiger charge is 2.30. The first-order valence-corrected chi connectivity index (χ1v) is 10.6. The predicted octanol–water partition coefficient (Wildman–Crippen LogP) is 6.68. The average Bonchev–Trinajstić information content (AvgIpc) is 2.62. The van der Waals surface area contributed by atoms with Crippen LogP contribution in [-0.2, 0) is 12.6 Å². The number of rotatable bonds is 5. The lowest BCUT2D eigenvalue weighted by molar-refractivity contribution is -0.137. The third-order valence-corrected chi connectivity index (χ3v) is 6.03. The van der Waals surface area contributed by atoms with Crippen LogP contribution in [0, 0.1) is 20.8 Å². The summed E-state index contributed by atoms with van der Waals surface area (Å²) < 4.78 is 43.6. The average molecular weight is 449 g/mol. The zero-order valence-corrected chi connectivity index (χ0v) is 18.4. The molecule has 0 bridgehead atoms. The Balaban J connectivity index is 1.80. The third kappa shape index (κ3) is 5.34. The topological polar surface area (TPSA) is 50.4 Å². The Morgan fingerprint density at radius 2 is 1.58 bits per heavy atom. The van der Waals surface area contributed by atoms with Crippen LogP contribution in [0.5, 0.6) is 5.75 Å². The Labute approximate surface area is 182 Å². The van der Waals surface area contributed by atoms with Crippen LogP contribution in [0.1, 0.15) is 34.9 Å². The van der Waals surface area contributed by atoms with E-state index in [1.165, 1.54) is 30.0 Å². The molecule has 1 atom stereocenters. The van der Waals surface area contributed by atoms with Crippen molar-refractivity contribution >= 4 is 11.8 Å². The van der Waals surface area contributed by atoms with Crippen LogP contribution in [0.25, 0.3) is 11.1 Å². The molecule has 2 aromatic carbocycles. The molecule has 7 heteroatoms. The fourth-order valence-corrected chi connectivity index (χ4v) is 4.72. The molecular weight excluding hydrogens is 425 g/mol.